The molecule has 1 aromatic heterocycles. The number of nitrogens with one attached hydrogen (secondary N) is 1. The van der Waals surface area contributed by atoms with Crippen molar-refractivity contribution in [1.82, 2.24) is 14.2 Å². The van der Waals surface area contributed by atoms with Crippen molar-refractivity contribution in [2.75, 3.05) is 32.5 Å². The van der Waals surface area contributed by atoms with Crippen molar-refractivity contribution >= 4 is 15.7 Å². The summed E-state index contributed by atoms with van der Waals surface area (Å²) in [5, 5.41) is 2.94. The van der Waals surface area contributed by atoms with Crippen molar-refractivity contribution in [3.63, 3.8) is 0 Å². The summed E-state index contributed by atoms with van der Waals surface area (Å²) in [4.78, 5) is 6.60. The molecule has 0 radical (unpaired) electrons. The van der Waals surface area contributed by atoms with Crippen LogP contribution in [0.2, 0.25) is 0 Å². The summed E-state index contributed by atoms with van der Waals surface area (Å²) in [6, 6.07) is 2.55. The molecule has 2 bridgehead atoms. The third-order valence-electron chi connectivity index (χ3n) is 4.78. The fourth-order valence-electron chi connectivity index (χ4n) is 3.43. The Kier molecular flexibility index (Phi) is 3.90. The second-order valence-corrected chi connectivity index (χ2v) is 7.73. The lowest BCUT2D eigenvalue weighted by Gasteiger charge is -2.25. The SMILES string of the molecule is CNc1ccncc1S(=O)(=O)N1CCC2CCC(C1)N2C. The summed E-state index contributed by atoms with van der Waals surface area (Å²) in [5.74, 6) is 0. The van der Waals surface area contributed by atoms with Crippen LogP contribution in [0, 0.1) is 0 Å². The Morgan fingerprint density at radius 1 is 1.29 bits per heavy atom. The number of sulfonamides is 1. The minimum absolute atomic E-state index is 0.271. The summed E-state index contributed by atoms with van der Waals surface area (Å²) in [6.07, 6.45) is 6.21. The average molecular weight is 310 g/mol. The average Bonchev–Trinajstić information content (AvgIpc) is 2.71. The molecule has 2 fully saturated rings. The lowest BCUT2D eigenvalue weighted by Crippen LogP contribution is -2.39. The molecular formula is C14H22N4O2S. The van der Waals surface area contributed by atoms with E-state index in [0.29, 0.717) is 30.9 Å². The number of nitrogens with zero attached hydrogens (tertiary/aromatic N) is 3. The molecule has 0 saturated carbocycles. The third-order valence-corrected chi connectivity index (χ3v) is 6.68. The van der Waals surface area contributed by atoms with Gasteiger partial charge in [0, 0.05) is 44.6 Å². The summed E-state index contributed by atoms with van der Waals surface area (Å²) in [7, 11) is 0.349. The molecule has 0 spiro atoms. The van der Waals surface area contributed by atoms with Crippen molar-refractivity contribution in [2.45, 2.75) is 36.2 Å². The zero-order valence-electron chi connectivity index (χ0n) is 12.5. The highest BCUT2D eigenvalue weighted by Gasteiger charge is 2.39. The van der Waals surface area contributed by atoms with Crippen molar-refractivity contribution in [3.05, 3.63) is 18.5 Å². The van der Waals surface area contributed by atoms with Crippen LogP contribution in [0.15, 0.2) is 23.4 Å². The molecule has 1 N–H and O–H groups in total. The van der Waals surface area contributed by atoms with Gasteiger partial charge in [-0.05, 0) is 32.4 Å². The maximum atomic E-state index is 12.9. The van der Waals surface area contributed by atoms with E-state index in [1.807, 2.05) is 0 Å². The molecule has 2 atom stereocenters. The van der Waals surface area contributed by atoms with Gasteiger partial charge in [0.2, 0.25) is 10.0 Å². The summed E-state index contributed by atoms with van der Waals surface area (Å²) >= 11 is 0. The van der Waals surface area contributed by atoms with Crippen molar-refractivity contribution in [3.8, 4) is 0 Å². The van der Waals surface area contributed by atoms with Crippen LogP contribution in [0.25, 0.3) is 0 Å². The number of hydrogen-bond donors (Lipinski definition) is 1. The van der Waals surface area contributed by atoms with Crippen LogP contribution in [0.1, 0.15) is 19.3 Å². The number of rotatable bonds is 3. The van der Waals surface area contributed by atoms with Crippen LogP contribution in [0.3, 0.4) is 0 Å². The largest absolute Gasteiger partial charge is 0.387 e. The second kappa shape index (κ2) is 5.55. The summed E-state index contributed by atoms with van der Waals surface area (Å²) < 4.78 is 27.5. The van der Waals surface area contributed by atoms with E-state index in [1.54, 1.807) is 23.6 Å². The highest BCUT2D eigenvalue weighted by Crippen LogP contribution is 2.32. The van der Waals surface area contributed by atoms with E-state index in [4.69, 9.17) is 0 Å². The fraction of sp³-hybridized carbons (Fsp3) is 0.643. The lowest BCUT2D eigenvalue weighted by molar-refractivity contribution is 0.246. The second-order valence-electron chi connectivity index (χ2n) is 5.82. The molecule has 7 heteroatoms. The third kappa shape index (κ3) is 2.54. The van der Waals surface area contributed by atoms with Gasteiger partial charge in [-0.2, -0.15) is 4.31 Å². The monoisotopic (exact) mass is 310 g/mol. The molecule has 1 aromatic rings. The standard InChI is InChI=1S/C14H22N4O2S/c1-15-13-5-7-16-9-14(13)21(19,20)18-8-6-11-3-4-12(10-18)17(11)2/h5,7,9,11-12H,3-4,6,8,10H2,1-2H3,(H,15,16). The molecule has 2 saturated heterocycles. The first kappa shape index (κ1) is 14.7. The van der Waals surface area contributed by atoms with Crippen LogP contribution >= 0.6 is 0 Å². The van der Waals surface area contributed by atoms with Gasteiger partial charge in [0.25, 0.3) is 0 Å². The van der Waals surface area contributed by atoms with Gasteiger partial charge >= 0.3 is 0 Å². The van der Waals surface area contributed by atoms with Crippen LogP contribution in [0.5, 0.6) is 0 Å². The first-order chi connectivity index (χ1) is 10.0. The minimum Gasteiger partial charge on any atom is -0.387 e. The van der Waals surface area contributed by atoms with E-state index in [0.717, 1.165) is 12.8 Å². The van der Waals surface area contributed by atoms with Crippen LogP contribution < -0.4 is 5.32 Å². The molecule has 116 valence electrons. The van der Waals surface area contributed by atoms with Gasteiger partial charge in [-0.15, -0.1) is 0 Å². The van der Waals surface area contributed by atoms with Gasteiger partial charge in [0.15, 0.2) is 0 Å². The quantitative estimate of drug-likeness (QED) is 0.901. The van der Waals surface area contributed by atoms with E-state index in [2.05, 4.69) is 22.2 Å². The van der Waals surface area contributed by atoms with Crippen molar-refractivity contribution < 1.29 is 8.42 Å². The number of anilines is 1. The van der Waals surface area contributed by atoms with Gasteiger partial charge in [-0.1, -0.05) is 0 Å². The predicted molar refractivity (Wildman–Crippen MR) is 81.7 cm³/mol. The number of likely N-dealkylation sites (N-methyl/N-ethyl adjacent to an activating group) is 1. The predicted octanol–water partition coefficient (Wildman–Crippen LogP) is 0.981. The molecule has 6 nitrogen and oxygen atoms in total. The zero-order chi connectivity index (χ0) is 15.0. The van der Waals surface area contributed by atoms with E-state index < -0.39 is 10.0 Å². The molecule has 3 rings (SSSR count). The van der Waals surface area contributed by atoms with Crippen molar-refractivity contribution in [1.29, 1.82) is 0 Å². The molecule has 21 heavy (non-hydrogen) atoms. The maximum Gasteiger partial charge on any atom is 0.246 e. The molecule has 0 aliphatic carbocycles. The Balaban J connectivity index is 1.92. The molecular weight excluding hydrogens is 288 g/mol. The number of aromatic nitrogens is 1. The Hall–Kier alpha value is -1.18. The Labute approximate surface area is 126 Å². The molecule has 0 amide bonds. The molecule has 2 aliphatic heterocycles. The van der Waals surface area contributed by atoms with Gasteiger partial charge in [0.1, 0.15) is 4.90 Å². The van der Waals surface area contributed by atoms with Crippen LogP contribution in [0.4, 0.5) is 5.69 Å². The van der Waals surface area contributed by atoms with Gasteiger partial charge in [-0.25, -0.2) is 8.42 Å². The fourth-order valence-corrected chi connectivity index (χ4v) is 5.06. The first-order valence-electron chi connectivity index (χ1n) is 7.38. The molecule has 3 heterocycles. The summed E-state index contributed by atoms with van der Waals surface area (Å²) in [6.45, 7) is 1.17. The smallest absolute Gasteiger partial charge is 0.246 e. The maximum absolute atomic E-state index is 12.9. The Morgan fingerprint density at radius 2 is 2.05 bits per heavy atom. The topological polar surface area (TPSA) is 65.5 Å². The zero-order valence-corrected chi connectivity index (χ0v) is 13.3. The van der Waals surface area contributed by atoms with Gasteiger partial charge in [-0.3, -0.25) is 9.88 Å². The van der Waals surface area contributed by atoms with Gasteiger partial charge in [0.05, 0.1) is 5.69 Å². The number of fused-ring (bicyclic) bond motifs is 2. The van der Waals surface area contributed by atoms with Crippen LogP contribution in [-0.4, -0.2) is 61.9 Å². The highest BCUT2D eigenvalue weighted by molar-refractivity contribution is 7.89. The molecule has 2 aliphatic rings. The molecule has 2 unspecified atom stereocenters. The Bertz CT molecular complexity index is 619. The molecule has 0 aromatic carbocycles. The summed E-state index contributed by atoms with van der Waals surface area (Å²) in [5.41, 5.74) is 0.604. The van der Waals surface area contributed by atoms with Gasteiger partial charge < -0.3 is 5.32 Å². The Morgan fingerprint density at radius 3 is 2.81 bits per heavy atom. The normalized spacial score (nSPS) is 27.5. The number of pyridine rings is 1. The van der Waals surface area contributed by atoms with E-state index in [9.17, 15) is 8.42 Å². The van der Waals surface area contributed by atoms with Crippen LogP contribution in [-0.2, 0) is 10.0 Å². The first-order valence-corrected chi connectivity index (χ1v) is 8.82. The lowest BCUT2D eigenvalue weighted by atomic mass is 10.1. The highest BCUT2D eigenvalue weighted by atomic mass is 32.2. The van der Waals surface area contributed by atoms with E-state index in [-0.39, 0.29) is 4.90 Å². The van der Waals surface area contributed by atoms with Crippen molar-refractivity contribution in [2.24, 2.45) is 0 Å². The van der Waals surface area contributed by atoms with E-state index in [1.165, 1.54) is 12.6 Å². The number of hydrogen-bond acceptors (Lipinski definition) is 5. The minimum atomic E-state index is -3.49. The van der Waals surface area contributed by atoms with E-state index >= 15 is 0 Å².